The van der Waals surface area contributed by atoms with Crippen LogP contribution in [0.1, 0.15) is 33.6 Å². The molecular weight excluding hydrogens is 375 g/mol. The van der Waals surface area contributed by atoms with Crippen LogP contribution in [0.4, 0.5) is 0 Å². The summed E-state index contributed by atoms with van der Waals surface area (Å²) in [5, 5.41) is 4.43. The maximum absolute atomic E-state index is 13.5. The minimum absolute atomic E-state index is 0.154. The molecular formula is C26H29O2P. The fraction of sp³-hybridized carbons (Fsp3) is 0.231. The average Bonchev–Trinajstić information content (AvgIpc) is 2.75. The zero-order valence-electron chi connectivity index (χ0n) is 17.4. The quantitative estimate of drug-likeness (QED) is 0.413. The Balaban J connectivity index is 2.52. The molecule has 3 aromatic carbocycles. The molecule has 0 spiro atoms. The molecule has 0 saturated carbocycles. The Morgan fingerprint density at radius 3 is 1.45 bits per heavy atom. The molecule has 29 heavy (non-hydrogen) atoms. The van der Waals surface area contributed by atoms with E-state index in [0.717, 1.165) is 11.7 Å². The molecule has 0 amide bonds. The van der Waals surface area contributed by atoms with Crippen molar-refractivity contribution in [2.24, 2.45) is 0 Å². The van der Waals surface area contributed by atoms with E-state index in [1.165, 1.54) is 15.9 Å². The largest absolute Gasteiger partial charge is 0.460 e. The van der Waals surface area contributed by atoms with Gasteiger partial charge in [-0.05, 0) is 43.1 Å². The summed E-state index contributed by atoms with van der Waals surface area (Å²) < 4.78 is 5.79. The van der Waals surface area contributed by atoms with E-state index >= 15 is 0 Å². The molecule has 150 valence electrons. The molecule has 0 aliphatic heterocycles. The first kappa shape index (κ1) is 21.1. The van der Waals surface area contributed by atoms with Crippen LogP contribution in [0.15, 0.2) is 91.0 Å². The monoisotopic (exact) mass is 404 g/mol. The van der Waals surface area contributed by atoms with E-state index in [-0.39, 0.29) is 12.1 Å². The van der Waals surface area contributed by atoms with E-state index in [2.05, 4.69) is 79.7 Å². The number of carbonyl (C=O) groups excluding carboxylic acids is 1. The topological polar surface area (TPSA) is 26.3 Å². The van der Waals surface area contributed by atoms with Crippen molar-refractivity contribution in [1.29, 1.82) is 0 Å². The van der Waals surface area contributed by atoms with Gasteiger partial charge in [0.25, 0.3) is 0 Å². The summed E-state index contributed by atoms with van der Waals surface area (Å²) in [6, 6.07) is 31.4. The van der Waals surface area contributed by atoms with Crippen molar-refractivity contribution in [3.05, 3.63) is 91.0 Å². The Morgan fingerprint density at radius 2 is 1.14 bits per heavy atom. The normalized spacial score (nSPS) is 11.3. The molecule has 0 atom stereocenters. The molecule has 0 aliphatic carbocycles. The first-order chi connectivity index (χ1) is 14.1. The fourth-order valence-corrected chi connectivity index (χ4v) is 8.37. The molecule has 0 unspecified atom stereocenters. The van der Waals surface area contributed by atoms with Crippen LogP contribution < -0.4 is 15.9 Å². The number of hydrogen-bond acceptors (Lipinski definition) is 2. The van der Waals surface area contributed by atoms with Crippen LogP contribution in [-0.4, -0.2) is 17.4 Å². The van der Waals surface area contributed by atoms with Crippen molar-refractivity contribution in [3.8, 4) is 0 Å². The van der Waals surface area contributed by atoms with Crippen LogP contribution in [0.3, 0.4) is 0 Å². The second kappa shape index (κ2) is 9.76. The second-order valence-electron chi connectivity index (χ2n) is 7.33. The van der Waals surface area contributed by atoms with Gasteiger partial charge in [-0.25, -0.2) is 4.79 Å². The van der Waals surface area contributed by atoms with Gasteiger partial charge in [0.2, 0.25) is 0 Å². The summed E-state index contributed by atoms with van der Waals surface area (Å²) in [5.41, 5.74) is 0. The molecule has 0 fully saturated rings. The zero-order chi connectivity index (χ0) is 20.7. The lowest BCUT2D eigenvalue weighted by atomic mass is 10.2. The van der Waals surface area contributed by atoms with Crippen LogP contribution in [0.2, 0.25) is 0 Å². The average molecular weight is 404 g/mol. The lowest BCUT2D eigenvalue weighted by Crippen LogP contribution is -2.35. The summed E-state index contributed by atoms with van der Waals surface area (Å²) in [4.78, 5) is 13.5. The third-order valence-electron chi connectivity index (χ3n) is 4.90. The van der Waals surface area contributed by atoms with Gasteiger partial charge >= 0.3 is 5.97 Å². The number of rotatable bonds is 7. The molecule has 0 N–H and O–H groups in total. The molecule has 0 bridgehead atoms. The summed E-state index contributed by atoms with van der Waals surface area (Å²) in [5.74, 6) is -0.174. The van der Waals surface area contributed by atoms with E-state index in [9.17, 15) is 4.79 Å². The second-order valence-corrected chi connectivity index (χ2v) is 10.8. The predicted octanol–water partition coefficient (Wildman–Crippen LogP) is 4.90. The Morgan fingerprint density at radius 1 is 0.759 bits per heavy atom. The highest BCUT2D eigenvalue weighted by Crippen LogP contribution is 2.47. The van der Waals surface area contributed by atoms with E-state index in [0.29, 0.717) is 6.42 Å². The molecule has 3 heteroatoms. The van der Waals surface area contributed by atoms with Crippen molar-refractivity contribution in [3.63, 3.8) is 0 Å². The number of esters is 1. The minimum Gasteiger partial charge on any atom is -0.460 e. The minimum atomic E-state index is -2.35. The molecule has 2 nitrogen and oxygen atoms in total. The maximum Gasteiger partial charge on any atom is 0.335 e. The van der Waals surface area contributed by atoms with Gasteiger partial charge in [0.15, 0.2) is 0 Å². The van der Waals surface area contributed by atoms with Gasteiger partial charge < -0.3 is 4.74 Å². The number of benzene rings is 3. The van der Waals surface area contributed by atoms with Crippen LogP contribution in [0.5, 0.6) is 0 Å². The lowest BCUT2D eigenvalue weighted by Gasteiger charge is -2.32. The van der Waals surface area contributed by atoms with Crippen LogP contribution >= 0.6 is 6.89 Å². The highest BCUT2D eigenvalue weighted by atomic mass is 31.2. The van der Waals surface area contributed by atoms with Crippen LogP contribution in [0.25, 0.3) is 0 Å². The van der Waals surface area contributed by atoms with Crippen LogP contribution in [-0.2, 0) is 9.53 Å². The third kappa shape index (κ3) is 4.38. The smallest absolute Gasteiger partial charge is 0.335 e. The maximum atomic E-state index is 13.5. The highest BCUT2D eigenvalue weighted by Gasteiger charge is 2.33. The molecule has 3 aromatic rings. The van der Waals surface area contributed by atoms with E-state index in [4.69, 9.17) is 4.74 Å². The molecule has 0 aliphatic rings. The standard InChI is InChI=1S/C26H29O2P/c1-4-14-25(26(27)28-21(2)3)29(22-15-8-5-9-16-22,23-17-10-6-11-18-23)24-19-12-7-13-20-24/h5-13,15-21H,4,14H2,1-3H3. The molecule has 0 saturated heterocycles. The highest BCUT2D eigenvalue weighted by molar-refractivity contribution is 7.96. The fourth-order valence-electron chi connectivity index (χ4n) is 3.80. The van der Waals surface area contributed by atoms with Gasteiger partial charge in [-0.3, -0.25) is 0 Å². The predicted molar refractivity (Wildman–Crippen MR) is 126 cm³/mol. The summed E-state index contributed by atoms with van der Waals surface area (Å²) in [7, 11) is 0. The molecule has 3 rings (SSSR count). The molecule has 0 heterocycles. The van der Waals surface area contributed by atoms with Crippen molar-refractivity contribution in [2.45, 2.75) is 39.7 Å². The van der Waals surface area contributed by atoms with Crippen molar-refractivity contribution < 1.29 is 9.53 Å². The van der Waals surface area contributed by atoms with E-state index in [1.807, 2.05) is 32.0 Å². The van der Waals surface area contributed by atoms with Gasteiger partial charge in [0.05, 0.1) is 6.10 Å². The first-order valence-electron chi connectivity index (χ1n) is 10.2. The third-order valence-corrected chi connectivity index (χ3v) is 9.33. The van der Waals surface area contributed by atoms with Gasteiger partial charge in [-0.1, -0.05) is 104 Å². The Hall–Kier alpha value is -2.57. The number of hydrogen-bond donors (Lipinski definition) is 0. The van der Waals surface area contributed by atoms with Gasteiger partial charge in [0, 0.05) is 5.29 Å². The van der Waals surface area contributed by atoms with Gasteiger partial charge in [0.1, 0.15) is 0 Å². The first-order valence-corrected chi connectivity index (χ1v) is 12.0. The Labute approximate surface area is 174 Å². The molecule has 0 radical (unpaired) electrons. The number of ether oxygens (including phenoxy) is 1. The summed E-state index contributed by atoms with van der Waals surface area (Å²) in [6.07, 6.45) is 1.44. The lowest BCUT2D eigenvalue weighted by molar-refractivity contribution is -0.138. The Bertz CT molecular complexity index is 874. The zero-order valence-corrected chi connectivity index (χ0v) is 18.3. The molecule has 0 aromatic heterocycles. The number of carbonyl (C=O) groups is 1. The van der Waals surface area contributed by atoms with Crippen molar-refractivity contribution in [1.82, 2.24) is 0 Å². The van der Waals surface area contributed by atoms with E-state index < -0.39 is 6.89 Å². The van der Waals surface area contributed by atoms with Gasteiger partial charge in [-0.15, -0.1) is 0 Å². The van der Waals surface area contributed by atoms with E-state index in [1.54, 1.807) is 0 Å². The van der Waals surface area contributed by atoms with Crippen LogP contribution in [0, 0.1) is 0 Å². The summed E-state index contributed by atoms with van der Waals surface area (Å²) >= 11 is 0. The Kier molecular flexibility index (Phi) is 7.12. The SMILES string of the molecule is CCCC(C(=O)OC(C)C)=P(c1ccccc1)(c1ccccc1)c1ccccc1. The van der Waals surface area contributed by atoms with Gasteiger partial charge in [-0.2, -0.15) is 0 Å². The van der Waals surface area contributed by atoms with Crippen molar-refractivity contribution in [2.75, 3.05) is 0 Å². The van der Waals surface area contributed by atoms with Crippen molar-refractivity contribution >= 4 is 34.1 Å². The summed E-state index contributed by atoms with van der Waals surface area (Å²) in [6.45, 7) is 3.60.